The zero-order valence-corrected chi connectivity index (χ0v) is 12.8. The van der Waals surface area contributed by atoms with E-state index in [1.54, 1.807) is 30.6 Å². The Bertz CT molecular complexity index is 775. The fourth-order valence-corrected chi connectivity index (χ4v) is 4.34. The highest BCUT2D eigenvalue weighted by atomic mass is 32.2. The van der Waals surface area contributed by atoms with Crippen LogP contribution in [-0.4, -0.2) is 41.5 Å². The number of sulfonamides is 1. The predicted molar refractivity (Wildman–Crippen MR) is 80.3 cm³/mol. The molecule has 21 heavy (non-hydrogen) atoms. The molecule has 0 spiro atoms. The molecule has 2 aromatic rings. The Balaban J connectivity index is 2.00. The van der Waals surface area contributed by atoms with Gasteiger partial charge in [0.25, 0.3) is 0 Å². The smallest absolute Gasteiger partial charge is 0.243 e. The van der Waals surface area contributed by atoms with E-state index in [4.69, 9.17) is 0 Å². The lowest BCUT2D eigenvalue weighted by Crippen LogP contribution is -2.65. The molecule has 1 fully saturated rings. The average Bonchev–Trinajstić information content (AvgIpc) is 2.42. The second kappa shape index (κ2) is 4.76. The Labute approximate surface area is 124 Å². The molecule has 5 nitrogen and oxygen atoms in total. The van der Waals surface area contributed by atoms with Gasteiger partial charge in [-0.15, -0.1) is 0 Å². The molecule has 0 unspecified atom stereocenters. The summed E-state index contributed by atoms with van der Waals surface area (Å²) >= 11 is 0. The first-order valence-corrected chi connectivity index (χ1v) is 8.34. The van der Waals surface area contributed by atoms with E-state index in [0.717, 1.165) is 5.39 Å². The van der Waals surface area contributed by atoms with Crippen LogP contribution in [0.5, 0.6) is 0 Å². The maximum atomic E-state index is 12.7. The molecule has 1 saturated heterocycles. The van der Waals surface area contributed by atoms with Crippen LogP contribution in [0.3, 0.4) is 0 Å². The molecule has 1 aromatic heterocycles. The zero-order valence-electron chi connectivity index (χ0n) is 12.0. The highest BCUT2D eigenvalue weighted by molar-refractivity contribution is 7.89. The van der Waals surface area contributed by atoms with E-state index in [9.17, 15) is 13.5 Å². The SMILES string of the molecule is CC(C)C1(O)CN(S(=O)(=O)c2cccc3cnccc23)C1. The topological polar surface area (TPSA) is 70.5 Å². The van der Waals surface area contributed by atoms with Gasteiger partial charge in [0.05, 0.1) is 10.5 Å². The molecular weight excluding hydrogens is 288 g/mol. The Morgan fingerprint density at radius 1 is 1.29 bits per heavy atom. The summed E-state index contributed by atoms with van der Waals surface area (Å²) < 4.78 is 26.8. The van der Waals surface area contributed by atoms with Gasteiger partial charge in [0.2, 0.25) is 10.0 Å². The van der Waals surface area contributed by atoms with E-state index in [-0.39, 0.29) is 23.9 Å². The second-order valence-electron chi connectivity index (χ2n) is 5.88. The van der Waals surface area contributed by atoms with E-state index >= 15 is 0 Å². The highest BCUT2D eigenvalue weighted by Crippen LogP contribution is 2.35. The quantitative estimate of drug-likeness (QED) is 0.935. The van der Waals surface area contributed by atoms with Crippen molar-refractivity contribution in [2.24, 2.45) is 5.92 Å². The molecule has 1 aliphatic heterocycles. The third-order valence-electron chi connectivity index (χ3n) is 4.23. The van der Waals surface area contributed by atoms with Gasteiger partial charge in [0.15, 0.2) is 0 Å². The molecular formula is C15H18N2O3S. The van der Waals surface area contributed by atoms with Crippen molar-refractivity contribution in [2.75, 3.05) is 13.1 Å². The van der Waals surface area contributed by atoms with Gasteiger partial charge in [0, 0.05) is 36.3 Å². The molecule has 0 atom stereocenters. The Morgan fingerprint density at radius 3 is 2.67 bits per heavy atom. The van der Waals surface area contributed by atoms with E-state index in [1.807, 2.05) is 19.9 Å². The lowest BCUT2D eigenvalue weighted by molar-refractivity contribution is -0.0932. The lowest BCUT2D eigenvalue weighted by atomic mass is 9.85. The first kappa shape index (κ1) is 14.4. The number of aliphatic hydroxyl groups is 1. The first-order chi connectivity index (χ1) is 9.84. The Morgan fingerprint density at radius 2 is 2.00 bits per heavy atom. The molecule has 1 N–H and O–H groups in total. The van der Waals surface area contributed by atoms with Crippen molar-refractivity contribution in [2.45, 2.75) is 24.3 Å². The van der Waals surface area contributed by atoms with E-state index in [0.29, 0.717) is 5.39 Å². The van der Waals surface area contributed by atoms with Gasteiger partial charge in [-0.3, -0.25) is 4.98 Å². The predicted octanol–water partition coefficient (Wildman–Crippen LogP) is 1.63. The molecule has 112 valence electrons. The second-order valence-corrected chi connectivity index (χ2v) is 7.79. The largest absolute Gasteiger partial charge is 0.387 e. The number of hydrogen-bond donors (Lipinski definition) is 1. The van der Waals surface area contributed by atoms with Crippen LogP contribution < -0.4 is 0 Å². The zero-order chi connectivity index (χ0) is 15.3. The van der Waals surface area contributed by atoms with Crippen molar-refractivity contribution in [3.05, 3.63) is 36.7 Å². The summed E-state index contributed by atoms with van der Waals surface area (Å²) in [6, 6.07) is 6.86. The van der Waals surface area contributed by atoms with Crippen molar-refractivity contribution in [1.82, 2.24) is 9.29 Å². The lowest BCUT2D eigenvalue weighted by Gasteiger charge is -2.47. The number of nitrogens with zero attached hydrogens (tertiary/aromatic N) is 2. The number of benzene rings is 1. The van der Waals surface area contributed by atoms with Crippen LogP contribution in [0.15, 0.2) is 41.6 Å². The molecule has 0 radical (unpaired) electrons. The van der Waals surface area contributed by atoms with Crippen LogP contribution in [0.1, 0.15) is 13.8 Å². The number of fused-ring (bicyclic) bond motifs is 1. The van der Waals surface area contributed by atoms with Crippen LogP contribution in [0.4, 0.5) is 0 Å². The number of aromatic nitrogens is 1. The van der Waals surface area contributed by atoms with Crippen LogP contribution in [-0.2, 0) is 10.0 Å². The minimum atomic E-state index is -3.59. The Kier molecular flexibility index (Phi) is 3.27. The van der Waals surface area contributed by atoms with Crippen LogP contribution >= 0.6 is 0 Å². The summed E-state index contributed by atoms with van der Waals surface area (Å²) in [4.78, 5) is 4.28. The number of rotatable bonds is 3. The van der Waals surface area contributed by atoms with E-state index in [1.165, 1.54) is 4.31 Å². The maximum absolute atomic E-state index is 12.7. The third kappa shape index (κ3) is 2.23. The van der Waals surface area contributed by atoms with Crippen molar-refractivity contribution in [3.63, 3.8) is 0 Å². The normalized spacial score (nSPS) is 18.9. The molecule has 0 aliphatic carbocycles. The summed E-state index contributed by atoms with van der Waals surface area (Å²) in [5, 5.41) is 11.7. The van der Waals surface area contributed by atoms with Crippen molar-refractivity contribution in [3.8, 4) is 0 Å². The van der Waals surface area contributed by atoms with Gasteiger partial charge in [-0.05, 0) is 18.1 Å². The molecule has 6 heteroatoms. The van der Waals surface area contributed by atoms with Gasteiger partial charge in [-0.2, -0.15) is 4.31 Å². The fraction of sp³-hybridized carbons (Fsp3) is 0.400. The molecule has 0 amide bonds. The monoisotopic (exact) mass is 306 g/mol. The van der Waals surface area contributed by atoms with Crippen molar-refractivity contribution in [1.29, 1.82) is 0 Å². The number of β-amino-alcohol motifs (C(OH)–C–C–N with tert-alkyl or cyclic N) is 1. The minimum absolute atomic E-state index is 0.0284. The van der Waals surface area contributed by atoms with Gasteiger partial charge < -0.3 is 5.11 Å². The van der Waals surface area contributed by atoms with Crippen LogP contribution in [0, 0.1) is 5.92 Å². The van der Waals surface area contributed by atoms with Crippen LogP contribution in [0.25, 0.3) is 10.8 Å². The minimum Gasteiger partial charge on any atom is -0.387 e. The summed E-state index contributed by atoms with van der Waals surface area (Å²) in [5.41, 5.74) is -0.917. The molecule has 1 aliphatic rings. The summed E-state index contributed by atoms with van der Waals surface area (Å²) in [7, 11) is -3.59. The van der Waals surface area contributed by atoms with Crippen LogP contribution in [0.2, 0.25) is 0 Å². The fourth-order valence-electron chi connectivity index (χ4n) is 2.56. The maximum Gasteiger partial charge on any atom is 0.243 e. The summed E-state index contributed by atoms with van der Waals surface area (Å²) in [6.45, 7) is 4.09. The standard InChI is InChI=1S/C15H18N2O3S/c1-11(2)15(18)9-17(10-15)21(19,20)14-5-3-4-12-8-16-7-6-13(12)14/h3-8,11,18H,9-10H2,1-2H3. The van der Waals surface area contributed by atoms with Gasteiger partial charge >= 0.3 is 0 Å². The first-order valence-electron chi connectivity index (χ1n) is 6.90. The van der Waals surface area contributed by atoms with Crippen molar-refractivity contribution >= 4 is 20.8 Å². The Hall–Kier alpha value is -1.50. The number of pyridine rings is 1. The van der Waals surface area contributed by atoms with E-state index in [2.05, 4.69) is 4.98 Å². The van der Waals surface area contributed by atoms with Gasteiger partial charge in [-0.25, -0.2) is 8.42 Å². The summed E-state index contributed by atoms with van der Waals surface area (Å²) in [5.74, 6) is 0.0284. The number of hydrogen-bond acceptors (Lipinski definition) is 4. The summed E-state index contributed by atoms with van der Waals surface area (Å²) in [6.07, 6.45) is 3.23. The van der Waals surface area contributed by atoms with Gasteiger partial charge in [-0.1, -0.05) is 26.0 Å². The third-order valence-corrected chi connectivity index (χ3v) is 6.08. The molecule has 2 heterocycles. The van der Waals surface area contributed by atoms with E-state index < -0.39 is 15.6 Å². The molecule has 3 rings (SSSR count). The average molecular weight is 306 g/mol. The molecule has 0 saturated carbocycles. The highest BCUT2D eigenvalue weighted by Gasteiger charge is 2.49. The van der Waals surface area contributed by atoms with Crippen molar-refractivity contribution < 1.29 is 13.5 Å². The molecule has 0 bridgehead atoms. The van der Waals surface area contributed by atoms with Gasteiger partial charge in [0.1, 0.15) is 0 Å². The molecule has 1 aromatic carbocycles.